The number of nitrogens with zero attached hydrogens (tertiary/aromatic N) is 1. The Morgan fingerprint density at radius 1 is 1.27 bits per heavy atom. The van der Waals surface area contributed by atoms with E-state index in [2.05, 4.69) is 25.7 Å². The van der Waals surface area contributed by atoms with E-state index in [-0.39, 0.29) is 0 Å². The molecule has 0 N–H and O–H groups in total. The summed E-state index contributed by atoms with van der Waals surface area (Å²) in [6, 6.07) is 0. The van der Waals surface area contributed by atoms with Gasteiger partial charge >= 0.3 is 0 Å². The largest absolute Gasteiger partial charge is 0.381 e. The summed E-state index contributed by atoms with van der Waals surface area (Å²) in [5, 5.41) is 0. The molecule has 0 aromatic carbocycles. The Labute approximate surface area is 95.0 Å². The molecule has 0 spiro atoms. The van der Waals surface area contributed by atoms with Crippen LogP contribution in [0.1, 0.15) is 46.5 Å². The molecule has 0 amide bonds. The van der Waals surface area contributed by atoms with Crippen LogP contribution < -0.4 is 0 Å². The SMILES string of the molecule is CCC(C)(C)CCN1CCC(OC)CC1. The van der Waals surface area contributed by atoms with Crippen molar-refractivity contribution in [3.8, 4) is 0 Å². The lowest BCUT2D eigenvalue weighted by atomic mass is 9.86. The van der Waals surface area contributed by atoms with Crippen LogP contribution in [-0.4, -0.2) is 37.7 Å². The number of likely N-dealkylation sites (tertiary alicyclic amines) is 1. The first-order valence-corrected chi connectivity index (χ1v) is 6.32. The third-order valence-corrected chi connectivity index (χ3v) is 3.93. The minimum atomic E-state index is 0.512. The molecule has 1 rings (SSSR count). The van der Waals surface area contributed by atoms with Gasteiger partial charge in [-0.15, -0.1) is 0 Å². The smallest absolute Gasteiger partial charge is 0.0595 e. The molecule has 0 radical (unpaired) electrons. The molecule has 0 aliphatic carbocycles. The summed E-state index contributed by atoms with van der Waals surface area (Å²) in [5.41, 5.74) is 0.512. The van der Waals surface area contributed by atoms with E-state index in [4.69, 9.17) is 4.74 Å². The van der Waals surface area contributed by atoms with E-state index in [1.807, 2.05) is 7.11 Å². The molecule has 0 bridgehead atoms. The lowest BCUT2D eigenvalue weighted by molar-refractivity contribution is 0.0377. The molecule has 2 nitrogen and oxygen atoms in total. The Balaban J connectivity index is 2.19. The van der Waals surface area contributed by atoms with Crippen molar-refractivity contribution in [1.82, 2.24) is 4.90 Å². The van der Waals surface area contributed by atoms with Gasteiger partial charge in [0.1, 0.15) is 0 Å². The molecule has 0 saturated carbocycles. The second kappa shape index (κ2) is 5.86. The monoisotopic (exact) mass is 213 g/mol. The molecular weight excluding hydrogens is 186 g/mol. The molecule has 15 heavy (non-hydrogen) atoms. The summed E-state index contributed by atoms with van der Waals surface area (Å²) >= 11 is 0. The maximum absolute atomic E-state index is 5.38. The molecule has 1 aliphatic heterocycles. The third-order valence-electron chi connectivity index (χ3n) is 3.93. The number of piperidine rings is 1. The molecule has 0 aromatic rings. The topological polar surface area (TPSA) is 12.5 Å². The molecule has 1 fully saturated rings. The fraction of sp³-hybridized carbons (Fsp3) is 1.00. The Hall–Kier alpha value is -0.0800. The van der Waals surface area contributed by atoms with Crippen molar-refractivity contribution in [2.75, 3.05) is 26.7 Å². The van der Waals surface area contributed by atoms with Gasteiger partial charge in [0.25, 0.3) is 0 Å². The van der Waals surface area contributed by atoms with Crippen LogP contribution in [0.25, 0.3) is 0 Å². The van der Waals surface area contributed by atoms with Crippen LogP contribution in [0.4, 0.5) is 0 Å². The maximum Gasteiger partial charge on any atom is 0.0595 e. The van der Waals surface area contributed by atoms with Gasteiger partial charge < -0.3 is 9.64 Å². The molecule has 90 valence electrons. The summed E-state index contributed by atoms with van der Waals surface area (Å²) in [4.78, 5) is 2.59. The highest BCUT2D eigenvalue weighted by Gasteiger charge is 2.21. The lowest BCUT2D eigenvalue weighted by Crippen LogP contribution is -2.38. The minimum Gasteiger partial charge on any atom is -0.381 e. The van der Waals surface area contributed by atoms with Crippen LogP contribution in [0, 0.1) is 5.41 Å². The second-order valence-corrected chi connectivity index (χ2v) is 5.54. The fourth-order valence-electron chi connectivity index (χ4n) is 2.01. The van der Waals surface area contributed by atoms with Crippen LogP contribution in [0.2, 0.25) is 0 Å². The molecule has 0 unspecified atom stereocenters. The predicted molar refractivity (Wildman–Crippen MR) is 65.2 cm³/mol. The number of methoxy groups -OCH3 is 1. The molecular formula is C13H27NO. The van der Waals surface area contributed by atoms with Crippen LogP contribution in [0.15, 0.2) is 0 Å². The van der Waals surface area contributed by atoms with Crippen LogP contribution in [0.5, 0.6) is 0 Å². The van der Waals surface area contributed by atoms with Crippen LogP contribution in [0.3, 0.4) is 0 Å². The van der Waals surface area contributed by atoms with Crippen LogP contribution in [-0.2, 0) is 4.74 Å². The zero-order valence-electron chi connectivity index (χ0n) is 10.9. The van der Waals surface area contributed by atoms with E-state index < -0.39 is 0 Å². The first kappa shape index (κ1) is 13.0. The highest BCUT2D eigenvalue weighted by molar-refractivity contribution is 4.75. The Morgan fingerprint density at radius 2 is 1.87 bits per heavy atom. The van der Waals surface area contributed by atoms with Gasteiger partial charge in [-0.05, 0) is 31.2 Å². The minimum absolute atomic E-state index is 0.512. The van der Waals surface area contributed by atoms with Crippen molar-refractivity contribution in [3.63, 3.8) is 0 Å². The Kier molecular flexibility index (Phi) is 5.07. The maximum atomic E-state index is 5.38. The van der Waals surface area contributed by atoms with Gasteiger partial charge in [-0.2, -0.15) is 0 Å². The number of rotatable bonds is 5. The zero-order valence-corrected chi connectivity index (χ0v) is 10.9. The van der Waals surface area contributed by atoms with Gasteiger partial charge in [-0.3, -0.25) is 0 Å². The van der Waals surface area contributed by atoms with E-state index in [1.54, 1.807) is 0 Å². The summed E-state index contributed by atoms with van der Waals surface area (Å²) in [5.74, 6) is 0. The number of hydrogen-bond acceptors (Lipinski definition) is 2. The summed E-state index contributed by atoms with van der Waals surface area (Å²) in [6.45, 7) is 10.7. The summed E-state index contributed by atoms with van der Waals surface area (Å²) < 4.78 is 5.38. The average molecular weight is 213 g/mol. The Bertz CT molecular complexity index is 171. The molecule has 2 heteroatoms. The number of hydrogen-bond donors (Lipinski definition) is 0. The summed E-state index contributed by atoms with van der Waals surface area (Å²) in [6.07, 6.45) is 5.54. The molecule has 1 heterocycles. The van der Waals surface area contributed by atoms with Crippen LogP contribution >= 0.6 is 0 Å². The van der Waals surface area contributed by atoms with Crippen molar-refractivity contribution < 1.29 is 4.74 Å². The second-order valence-electron chi connectivity index (χ2n) is 5.54. The Morgan fingerprint density at radius 3 is 2.33 bits per heavy atom. The van der Waals surface area contributed by atoms with Gasteiger partial charge in [0.2, 0.25) is 0 Å². The molecule has 1 saturated heterocycles. The van der Waals surface area contributed by atoms with E-state index in [1.165, 1.54) is 45.3 Å². The fourth-order valence-corrected chi connectivity index (χ4v) is 2.01. The molecule has 0 aromatic heterocycles. The van der Waals surface area contributed by atoms with Gasteiger partial charge in [0.05, 0.1) is 6.10 Å². The van der Waals surface area contributed by atoms with Crippen molar-refractivity contribution in [2.24, 2.45) is 5.41 Å². The first-order valence-electron chi connectivity index (χ1n) is 6.32. The van der Waals surface area contributed by atoms with Gasteiger partial charge in [0.15, 0.2) is 0 Å². The highest BCUT2D eigenvalue weighted by Crippen LogP contribution is 2.25. The quantitative estimate of drug-likeness (QED) is 0.696. The van der Waals surface area contributed by atoms with Gasteiger partial charge in [-0.25, -0.2) is 0 Å². The standard InChI is InChI=1S/C13H27NO/c1-5-13(2,3)8-11-14-9-6-12(15-4)7-10-14/h12H,5-11H2,1-4H3. The van der Waals surface area contributed by atoms with Crippen molar-refractivity contribution in [1.29, 1.82) is 0 Å². The normalized spacial score (nSPS) is 20.8. The van der Waals surface area contributed by atoms with Crippen molar-refractivity contribution in [3.05, 3.63) is 0 Å². The highest BCUT2D eigenvalue weighted by atomic mass is 16.5. The molecule has 0 atom stereocenters. The number of ether oxygens (including phenoxy) is 1. The van der Waals surface area contributed by atoms with Gasteiger partial charge in [0, 0.05) is 20.2 Å². The zero-order chi connectivity index (χ0) is 11.3. The average Bonchev–Trinajstić information content (AvgIpc) is 2.27. The van der Waals surface area contributed by atoms with Crippen molar-refractivity contribution >= 4 is 0 Å². The summed E-state index contributed by atoms with van der Waals surface area (Å²) in [7, 11) is 1.83. The van der Waals surface area contributed by atoms with Crippen molar-refractivity contribution in [2.45, 2.75) is 52.6 Å². The third kappa shape index (κ3) is 4.52. The van der Waals surface area contributed by atoms with E-state index in [0.29, 0.717) is 11.5 Å². The van der Waals surface area contributed by atoms with E-state index >= 15 is 0 Å². The van der Waals surface area contributed by atoms with E-state index in [0.717, 1.165) is 0 Å². The van der Waals surface area contributed by atoms with E-state index in [9.17, 15) is 0 Å². The van der Waals surface area contributed by atoms with Gasteiger partial charge in [-0.1, -0.05) is 27.2 Å². The predicted octanol–water partition coefficient (Wildman–Crippen LogP) is 2.92. The first-order chi connectivity index (χ1) is 7.07. The lowest BCUT2D eigenvalue weighted by Gasteiger charge is -2.33. The molecule has 1 aliphatic rings.